The molecule has 1 saturated heterocycles. The highest BCUT2D eigenvalue weighted by atomic mass is 16.5. The molecular weight excluding hydrogens is 328 g/mol. The van der Waals surface area contributed by atoms with Gasteiger partial charge in [-0.25, -0.2) is 4.79 Å². The summed E-state index contributed by atoms with van der Waals surface area (Å²) in [7, 11) is 0. The number of carbonyl (C=O) groups excluding carboxylic acids is 1. The monoisotopic (exact) mass is 348 g/mol. The molecule has 1 aliphatic rings. The van der Waals surface area contributed by atoms with Crippen LogP contribution in [0.1, 0.15) is 41.2 Å². The molecule has 2 aromatic heterocycles. The van der Waals surface area contributed by atoms with Gasteiger partial charge in [-0.05, 0) is 27.2 Å². The van der Waals surface area contributed by atoms with Crippen LogP contribution < -0.4 is 11.2 Å². The van der Waals surface area contributed by atoms with Crippen molar-refractivity contribution >= 4 is 5.91 Å². The first kappa shape index (κ1) is 17.2. The van der Waals surface area contributed by atoms with Crippen LogP contribution in [0.15, 0.2) is 26.4 Å². The molecule has 0 aromatic carbocycles. The second-order valence-electron chi connectivity index (χ2n) is 6.59. The van der Waals surface area contributed by atoms with Gasteiger partial charge in [0.2, 0.25) is 0 Å². The van der Waals surface area contributed by atoms with Gasteiger partial charge in [0, 0.05) is 25.4 Å². The van der Waals surface area contributed by atoms with E-state index in [1.165, 1.54) is 16.8 Å². The molecule has 2 N–H and O–H groups in total. The standard InChI is InChI=1S/C16H20N4O5/c1-9-13(10(2)25-18-9)14(22)19-7-5-16(3,24)11(8-19)20-6-4-12(21)17-15(20)23/h4,6,11,24H,5,7-8H2,1-3H3,(H,17,21,23)/t11-,16-/m1/s1. The van der Waals surface area contributed by atoms with Crippen molar-refractivity contribution in [3.8, 4) is 0 Å². The highest BCUT2D eigenvalue weighted by Gasteiger charge is 2.41. The zero-order valence-corrected chi connectivity index (χ0v) is 14.3. The lowest BCUT2D eigenvalue weighted by molar-refractivity contribution is -0.0459. The molecule has 0 spiro atoms. The highest BCUT2D eigenvalue weighted by molar-refractivity contribution is 5.96. The van der Waals surface area contributed by atoms with Crippen molar-refractivity contribution in [1.29, 1.82) is 0 Å². The number of hydrogen-bond donors (Lipinski definition) is 2. The summed E-state index contributed by atoms with van der Waals surface area (Å²) >= 11 is 0. The largest absolute Gasteiger partial charge is 0.388 e. The molecule has 0 unspecified atom stereocenters. The van der Waals surface area contributed by atoms with Gasteiger partial charge >= 0.3 is 5.69 Å². The van der Waals surface area contributed by atoms with Gasteiger partial charge in [0.25, 0.3) is 11.5 Å². The summed E-state index contributed by atoms with van der Waals surface area (Å²) < 4.78 is 6.31. The Bertz CT molecular complexity index is 904. The molecular formula is C16H20N4O5. The summed E-state index contributed by atoms with van der Waals surface area (Å²) in [6.07, 6.45) is 1.63. The summed E-state index contributed by atoms with van der Waals surface area (Å²) in [4.78, 5) is 40.0. The average Bonchev–Trinajstić information content (AvgIpc) is 2.86. The van der Waals surface area contributed by atoms with E-state index < -0.39 is 22.9 Å². The molecule has 1 aliphatic heterocycles. The zero-order valence-electron chi connectivity index (χ0n) is 14.3. The first-order valence-electron chi connectivity index (χ1n) is 7.96. The smallest absolute Gasteiger partial charge is 0.328 e. The van der Waals surface area contributed by atoms with E-state index in [9.17, 15) is 19.5 Å². The number of aromatic amines is 1. The molecule has 9 nitrogen and oxygen atoms in total. The highest BCUT2D eigenvalue weighted by Crippen LogP contribution is 2.31. The van der Waals surface area contributed by atoms with E-state index in [-0.39, 0.29) is 12.5 Å². The predicted octanol–water partition coefficient (Wildman–Crippen LogP) is -0.0204. The zero-order chi connectivity index (χ0) is 18.4. The van der Waals surface area contributed by atoms with Crippen molar-refractivity contribution in [2.75, 3.05) is 13.1 Å². The van der Waals surface area contributed by atoms with E-state index in [1.807, 2.05) is 0 Å². The number of aromatic nitrogens is 3. The van der Waals surface area contributed by atoms with E-state index in [1.54, 1.807) is 25.7 Å². The van der Waals surface area contributed by atoms with Gasteiger partial charge in [-0.3, -0.25) is 19.1 Å². The van der Waals surface area contributed by atoms with Crippen LogP contribution in [0.4, 0.5) is 0 Å². The Balaban J connectivity index is 1.95. The summed E-state index contributed by atoms with van der Waals surface area (Å²) in [5.74, 6) is 0.173. The van der Waals surface area contributed by atoms with Gasteiger partial charge in [-0.1, -0.05) is 5.16 Å². The van der Waals surface area contributed by atoms with Gasteiger partial charge in [0.15, 0.2) is 0 Å². The molecule has 9 heteroatoms. The molecule has 3 heterocycles. The number of rotatable bonds is 2. The third-order valence-electron chi connectivity index (χ3n) is 4.72. The minimum absolute atomic E-state index is 0.127. The normalized spacial score (nSPS) is 23.7. The van der Waals surface area contributed by atoms with Crippen LogP contribution in [0, 0.1) is 13.8 Å². The maximum absolute atomic E-state index is 12.8. The fourth-order valence-corrected chi connectivity index (χ4v) is 3.22. The van der Waals surface area contributed by atoms with E-state index in [0.29, 0.717) is 30.0 Å². The number of H-pyrrole nitrogens is 1. The Morgan fingerprint density at radius 1 is 1.44 bits per heavy atom. The molecule has 1 amide bonds. The van der Waals surface area contributed by atoms with Gasteiger partial charge in [0.1, 0.15) is 11.3 Å². The molecule has 134 valence electrons. The average molecular weight is 348 g/mol. The maximum Gasteiger partial charge on any atom is 0.328 e. The van der Waals surface area contributed by atoms with E-state index in [2.05, 4.69) is 10.1 Å². The van der Waals surface area contributed by atoms with E-state index in [0.717, 1.165) is 0 Å². The first-order chi connectivity index (χ1) is 11.7. The molecule has 0 aliphatic carbocycles. The lowest BCUT2D eigenvalue weighted by Crippen LogP contribution is -2.55. The Kier molecular flexibility index (Phi) is 4.11. The molecule has 2 atom stereocenters. The van der Waals surface area contributed by atoms with Crippen LogP contribution in [0.5, 0.6) is 0 Å². The van der Waals surface area contributed by atoms with Crippen LogP contribution in [-0.4, -0.2) is 49.3 Å². The minimum Gasteiger partial charge on any atom is -0.388 e. The number of nitrogens with one attached hydrogen (secondary N) is 1. The Hall–Kier alpha value is -2.68. The lowest BCUT2D eigenvalue weighted by atomic mass is 9.87. The van der Waals surface area contributed by atoms with Gasteiger partial charge in [-0.15, -0.1) is 0 Å². The van der Waals surface area contributed by atoms with Crippen molar-refractivity contribution in [1.82, 2.24) is 19.6 Å². The van der Waals surface area contributed by atoms with Crippen molar-refractivity contribution in [3.63, 3.8) is 0 Å². The third kappa shape index (κ3) is 3.02. The first-order valence-corrected chi connectivity index (χ1v) is 7.96. The molecule has 1 fully saturated rings. The summed E-state index contributed by atoms with van der Waals surface area (Å²) in [5, 5.41) is 14.5. The second kappa shape index (κ2) is 5.99. The fourth-order valence-electron chi connectivity index (χ4n) is 3.22. The van der Waals surface area contributed by atoms with Crippen molar-refractivity contribution in [2.45, 2.75) is 38.8 Å². The SMILES string of the molecule is Cc1noc(C)c1C(=O)N1CC[C@@](C)(O)[C@H](n2ccc(=O)[nH]c2=O)C1. The van der Waals surface area contributed by atoms with Crippen LogP contribution in [0.25, 0.3) is 0 Å². The number of likely N-dealkylation sites (tertiary alicyclic amines) is 1. The number of aryl methyl sites for hydroxylation is 2. The second-order valence-corrected chi connectivity index (χ2v) is 6.59. The van der Waals surface area contributed by atoms with Gasteiger partial charge in [0.05, 0.1) is 17.3 Å². The molecule has 0 bridgehead atoms. The van der Waals surface area contributed by atoms with Gasteiger partial charge < -0.3 is 14.5 Å². The topological polar surface area (TPSA) is 121 Å². The van der Waals surface area contributed by atoms with Crippen LogP contribution in [-0.2, 0) is 0 Å². The quantitative estimate of drug-likeness (QED) is 0.787. The van der Waals surface area contributed by atoms with Crippen LogP contribution in [0.3, 0.4) is 0 Å². The number of amides is 1. The van der Waals surface area contributed by atoms with E-state index in [4.69, 9.17) is 4.52 Å². The molecule has 3 rings (SSSR count). The van der Waals surface area contributed by atoms with Crippen LogP contribution >= 0.6 is 0 Å². The van der Waals surface area contributed by atoms with E-state index >= 15 is 0 Å². The number of piperidine rings is 1. The number of hydrogen-bond acceptors (Lipinski definition) is 6. The number of nitrogens with zero attached hydrogens (tertiary/aromatic N) is 3. The number of aliphatic hydroxyl groups is 1. The summed E-state index contributed by atoms with van der Waals surface area (Å²) in [5.41, 5.74) is -1.44. The molecule has 2 aromatic rings. The van der Waals surface area contributed by atoms with Crippen molar-refractivity contribution in [3.05, 3.63) is 50.1 Å². The van der Waals surface area contributed by atoms with Crippen molar-refractivity contribution in [2.24, 2.45) is 0 Å². The lowest BCUT2D eigenvalue weighted by Gasteiger charge is -2.43. The molecule has 0 radical (unpaired) electrons. The number of carbonyl (C=O) groups is 1. The van der Waals surface area contributed by atoms with Crippen molar-refractivity contribution < 1.29 is 14.4 Å². The maximum atomic E-state index is 12.8. The minimum atomic E-state index is -1.20. The molecule has 0 saturated carbocycles. The summed E-state index contributed by atoms with van der Waals surface area (Å²) in [6, 6.07) is 0.530. The Morgan fingerprint density at radius 2 is 2.16 bits per heavy atom. The fraction of sp³-hybridized carbons (Fsp3) is 0.500. The Morgan fingerprint density at radius 3 is 2.76 bits per heavy atom. The van der Waals surface area contributed by atoms with Crippen LogP contribution in [0.2, 0.25) is 0 Å². The molecule has 25 heavy (non-hydrogen) atoms. The third-order valence-corrected chi connectivity index (χ3v) is 4.72. The van der Waals surface area contributed by atoms with Gasteiger partial charge in [-0.2, -0.15) is 0 Å². The Labute approximate surface area is 142 Å². The summed E-state index contributed by atoms with van der Waals surface area (Å²) in [6.45, 7) is 5.43. The predicted molar refractivity (Wildman–Crippen MR) is 87.5 cm³/mol.